The lowest BCUT2D eigenvalue weighted by Gasteiger charge is -2.22. The molecule has 108 valence electrons. The van der Waals surface area contributed by atoms with Crippen LogP contribution in [0.25, 0.3) is 0 Å². The van der Waals surface area contributed by atoms with Crippen LogP contribution < -0.4 is 5.73 Å². The van der Waals surface area contributed by atoms with Crippen LogP contribution in [0.15, 0.2) is 0 Å². The fourth-order valence-corrected chi connectivity index (χ4v) is 2.49. The molecule has 2 N–H and O–H groups in total. The number of unbranched alkanes of at least 4 members (excludes halogenated alkanes) is 1. The standard InChI is InChI=1S/C14H30N2O2/c1-14(2,11-15)7-5-6-8-16-9-12(17-3)13(10-16)18-4/h12-13H,5-11,15H2,1-4H3. The minimum absolute atomic E-state index is 0.232. The predicted molar refractivity (Wildman–Crippen MR) is 74.7 cm³/mol. The van der Waals surface area contributed by atoms with E-state index < -0.39 is 0 Å². The second kappa shape index (κ2) is 7.43. The molecular weight excluding hydrogens is 228 g/mol. The van der Waals surface area contributed by atoms with Crippen LogP contribution in [0.4, 0.5) is 0 Å². The Bertz CT molecular complexity index is 222. The van der Waals surface area contributed by atoms with E-state index in [0.29, 0.717) is 0 Å². The van der Waals surface area contributed by atoms with Gasteiger partial charge in [0.2, 0.25) is 0 Å². The zero-order valence-electron chi connectivity index (χ0n) is 12.4. The number of rotatable bonds is 8. The van der Waals surface area contributed by atoms with Crippen LogP contribution in [0.1, 0.15) is 33.1 Å². The molecule has 4 nitrogen and oxygen atoms in total. The Morgan fingerprint density at radius 1 is 1.11 bits per heavy atom. The van der Waals surface area contributed by atoms with Crippen LogP contribution in [-0.2, 0) is 9.47 Å². The van der Waals surface area contributed by atoms with Crippen molar-refractivity contribution < 1.29 is 9.47 Å². The maximum absolute atomic E-state index is 5.74. The fraction of sp³-hybridized carbons (Fsp3) is 1.00. The summed E-state index contributed by atoms with van der Waals surface area (Å²) in [5.41, 5.74) is 6.03. The van der Waals surface area contributed by atoms with Gasteiger partial charge in [0.15, 0.2) is 0 Å². The number of nitrogens with two attached hydrogens (primary N) is 1. The molecule has 18 heavy (non-hydrogen) atoms. The van der Waals surface area contributed by atoms with Gasteiger partial charge in [-0.15, -0.1) is 0 Å². The number of methoxy groups -OCH3 is 2. The van der Waals surface area contributed by atoms with Crippen LogP contribution in [-0.4, -0.2) is 57.5 Å². The topological polar surface area (TPSA) is 47.7 Å². The Kier molecular flexibility index (Phi) is 6.57. The Balaban J connectivity index is 2.17. The summed E-state index contributed by atoms with van der Waals surface area (Å²) in [7, 11) is 3.54. The van der Waals surface area contributed by atoms with E-state index >= 15 is 0 Å². The summed E-state index contributed by atoms with van der Waals surface area (Å²) in [5, 5.41) is 0. The third kappa shape index (κ3) is 4.84. The average molecular weight is 258 g/mol. The van der Waals surface area contributed by atoms with Crippen molar-refractivity contribution in [2.75, 3.05) is 40.4 Å². The molecule has 1 saturated heterocycles. The van der Waals surface area contributed by atoms with Crippen molar-refractivity contribution in [2.45, 2.75) is 45.3 Å². The van der Waals surface area contributed by atoms with Crippen molar-refractivity contribution in [3.05, 3.63) is 0 Å². The summed E-state index contributed by atoms with van der Waals surface area (Å²) in [4.78, 5) is 2.44. The van der Waals surface area contributed by atoms with Gasteiger partial charge in [-0.05, 0) is 31.3 Å². The van der Waals surface area contributed by atoms with Gasteiger partial charge in [-0.25, -0.2) is 0 Å². The molecule has 0 amide bonds. The van der Waals surface area contributed by atoms with E-state index in [0.717, 1.165) is 26.2 Å². The van der Waals surface area contributed by atoms with Crippen LogP contribution in [0.2, 0.25) is 0 Å². The highest BCUT2D eigenvalue weighted by molar-refractivity contribution is 4.85. The summed E-state index contributed by atoms with van der Waals surface area (Å²) in [5.74, 6) is 0. The summed E-state index contributed by atoms with van der Waals surface area (Å²) in [6.07, 6.45) is 4.15. The lowest BCUT2D eigenvalue weighted by Crippen LogP contribution is -2.27. The van der Waals surface area contributed by atoms with Crippen molar-refractivity contribution in [1.82, 2.24) is 4.90 Å². The highest BCUT2D eigenvalue weighted by Gasteiger charge is 2.32. The lowest BCUT2D eigenvalue weighted by atomic mass is 9.87. The molecule has 0 bridgehead atoms. The number of hydrogen-bond acceptors (Lipinski definition) is 4. The Morgan fingerprint density at radius 3 is 2.11 bits per heavy atom. The van der Waals surface area contributed by atoms with Crippen LogP contribution in [0.3, 0.4) is 0 Å². The van der Waals surface area contributed by atoms with Crippen LogP contribution in [0.5, 0.6) is 0 Å². The largest absolute Gasteiger partial charge is 0.377 e. The number of ether oxygens (including phenoxy) is 2. The Morgan fingerprint density at radius 2 is 1.67 bits per heavy atom. The minimum Gasteiger partial charge on any atom is -0.377 e. The number of hydrogen-bond donors (Lipinski definition) is 1. The van der Waals surface area contributed by atoms with E-state index in [-0.39, 0.29) is 17.6 Å². The number of nitrogens with zero attached hydrogens (tertiary/aromatic N) is 1. The zero-order valence-corrected chi connectivity index (χ0v) is 12.4. The molecule has 4 heteroatoms. The molecule has 1 aliphatic heterocycles. The molecule has 0 aromatic rings. The SMILES string of the molecule is COC1CN(CCCCC(C)(C)CN)CC1OC. The smallest absolute Gasteiger partial charge is 0.0971 e. The van der Waals surface area contributed by atoms with Gasteiger partial charge in [0.1, 0.15) is 0 Å². The summed E-state index contributed by atoms with van der Waals surface area (Å²) < 4.78 is 10.9. The second-order valence-corrected chi connectivity index (χ2v) is 6.13. The molecule has 0 radical (unpaired) electrons. The highest BCUT2D eigenvalue weighted by atomic mass is 16.5. The summed E-state index contributed by atoms with van der Waals surface area (Å²) in [6, 6.07) is 0. The molecule has 0 spiro atoms. The molecule has 1 heterocycles. The van der Waals surface area contributed by atoms with Crippen molar-refractivity contribution >= 4 is 0 Å². The molecule has 2 atom stereocenters. The van der Waals surface area contributed by atoms with Gasteiger partial charge < -0.3 is 15.2 Å². The molecule has 1 fully saturated rings. The second-order valence-electron chi connectivity index (χ2n) is 6.13. The highest BCUT2D eigenvalue weighted by Crippen LogP contribution is 2.22. The summed E-state index contributed by atoms with van der Waals surface area (Å²) in [6.45, 7) is 8.38. The zero-order chi connectivity index (χ0) is 13.6. The lowest BCUT2D eigenvalue weighted by molar-refractivity contribution is -0.00461. The molecule has 1 rings (SSSR count). The first-order valence-electron chi connectivity index (χ1n) is 7.00. The average Bonchev–Trinajstić information content (AvgIpc) is 2.77. The third-order valence-electron chi connectivity index (χ3n) is 4.03. The maximum Gasteiger partial charge on any atom is 0.0971 e. The van der Waals surface area contributed by atoms with Crippen molar-refractivity contribution in [3.63, 3.8) is 0 Å². The van der Waals surface area contributed by atoms with Gasteiger partial charge in [0.05, 0.1) is 12.2 Å². The Labute approximate surface area is 112 Å². The molecule has 1 aliphatic rings. The van der Waals surface area contributed by atoms with Crippen molar-refractivity contribution in [3.8, 4) is 0 Å². The Hall–Kier alpha value is -0.160. The van der Waals surface area contributed by atoms with Crippen LogP contribution in [0, 0.1) is 5.41 Å². The molecule has 0 saturated carbocycles. The van der Waals surface area contributed by atoms with Gasteiger partial charge in [-0.1, -0.05) is 20.3 Å². The van der Waals surface area contributed by atoms with E-state index in [4.69, 9.17) is 15.2 Å². The van der Waals surface area contributed by atoms with Gasteiger partial charge in [-0.2, -0.15) is 0 Å². The predicted octanol–water partition coefficient (Wildman–Crippen LogP) is 1.49. The van der Waals surface area contributed by atoms with E-state index in [1.165, 1.54) is 19.3 Å². The van der Waals surface area contributed by atoms with Gasteiger partial charge >= 0.3 is 0 Å². The van der Waals surface area contributed by atoms with Crippen molar-refractivity contribution in [1.29, 1.82) is 0 Å². The van der Waals surface area contributed by atoms with E-state index in [1.54, 1.807) is 14.2 Å². The fourth-order valence-electron chi connectivity index (χ4n) is 2.49. The van der Waals surface area contributed by atoms with Crippen molar-refractivity contribution in [2.24, 2.45) is 11.1 Å². The van der Waals surface area contributed by atoms with Gasteiger partial charge in [-0.3, -0.25) is 4.90 Å². The van der Waals surface area contributed by atoms with Crippen LogP contribution >= 0.6 is 0 Å². The molecule has 0 aliphatic carbocycles. The van der Waals surface area contributed by atoms with E-state index in [1.807, 2.05) is 0 Å². The first-order chi connectivity index (χ1) is 8.52. The van der Waals surface area contributed by atoms with E-state index in [2.05, 4.69) is 18.7 Å². The summed E-state index contributed by atoms with van der Waals surface area (Å²) >= 11 is 0. The quantitative estimate of drug-likeness (QED) is 0.670. The monoisotopic (exact) mass is 258 g/mol. The molecule has 0 aromatic heterocycles. The minimum atomic E-state index is 0.232. The maximum atomic E-state index is 5.74. The molecule has 0 aromatic carbocycles. The van der Waals surface area contributed by atoms with Gasteiger partial charge in [0.25, 0.3) is 0 Å². The first kappa shape index (κ1) is 15.9. The number of likely N-dealkylation sites (tertiary alicyclic amines) is 1. The van der Waals surface area contributed by atoms with E-state index in [9.17, 15) is 0 Å². The third-order valence-corrected chi connectivity index (χ3v) is 4.03. The van der Waals surface area contributed by atoms with Gasteiger partial charge in [0, 0.05) is 27.3 Å². The first-order valence-corrected chi connectivity index (χ1v) is 7.00. The normalized spacial score (nSPS) is 25.8. The molecular formula is C14H30N2O2. The molecule has 2 unspecified atom stereocenters.